The predicted octanol–water partition coefficient (Wildman–Crippen LogP) is 3.25. The van der Waals surface area contributed by atoms with Gasteiger partial charge in [0.25, 0.3) is 11.6 Å². The molecule has 0 aromatic heterocycles. The Kier molecular flexibility index (Phi) is 5.81. The van der Waals surface area contributed by atoms with E-state index in [2.05, 4.69) is 10.6 Å². The summed E-state index contributed by atoms with van der Waals surface area (Å²) in [6.07, 6.45) is 0.651. The second-order valence-corrected chi connectivity index (χ2v) is 7.38. The molecule has 1 heterocycles. The summed E-state index contributed by atoms with van der Waals surface area (Å²) in [5.41, 5.74) is 3.49. The second kappa shape index (κ2) is 8.30. The molecule has 0 atom stereocenters. The maximum atomic E-state index is 12.2. The fourth-order valence-corrected chi connectivity index (χ4v) is 3.55. The van der Waals surface area contributed by atoms with Gasteiger partial charge in [-0.1, -0.05) is 12.1 Å². The van der Waals surface area contributed by atoms with Gasteiger partial charge >= 0.3 is 0 Å². The Morgan fingerprint density at radius 3 is 2.62 bits per heavy atom. The zero-order valence-corrected chi connectivity index (χ0v) is 16.7. The van der Waals surface area contributed by atoms with Gasteiger partial charge in [-0.2, -0.15) is 0 Å². The van der Waals surface area contributed by atoms with E-state index in [0.29, 0.717) is 25.2 Å². The van der Waals surface area contributed by atoms with Crippen LogP contribution in [0, 0.1) is 10.1 Å². The third-order valence-electron chi connectivity index (χ3n) is 4.77. The standard InChI is InChI=1S/C21H24N4O4/c1-13(2)22-21(27)15-7-8-19(20(11-15)25(28)29)24-10-9-17-16(12-24)5-4-6-18(17)23-14(3)26/h4-8,11,13H,9-10,12H2,1-3H3,(H,22,27)(H,23,26). The van der Waals surface area contributed by atoms with E-state index in [0.717, 1.165) is 16.8 Å². The van der Waals surface area contributed by atoms with Crippen LogP contribution in [0.5, 0.6) is 0 Å². The van der Waals surface area contributed by atoms with Crippen LogP contribution < -0.4 is 15.5 Å². The minimum atomic E-state index is -0.454. The molecular formula is C21H24N4O4. The molecule has 0 unspecified atom stereocenters. The van der Waals surface area contributed by atoms with Gasteiger partial charge in [-0.05, 0) is 49.6 Å². The minimum absolute atomic E-state index is 0.0577. The van der Waals surface area contributed by atoms with Crippen LogP contribution in [0.3, 0.4) is 0 Å². The number of benzene rings is 2. The van der Waals surface area contributed by atoms with Gasteiger partial charge in [0.1, 0.15) is 5.69 Å². The maximum absolute atomic E-state index is 12.2. The van der Waals surface area contributed by atoms with Gasteiger partial charge in [-0.15, -0.1) is 0 Å². The van der Waals surface area contributed by atoms with Crippen LogP contribution in [0.1, 0.15) is 42.3 Å². The zero-order valence-electron chi connectivity index (χ0n) is 16.7. The molecule has 0 spiro atoms. The van der Waals surface area contributed by atoms with Crippen molar-refractivity contribution in [1.82, 2.24) is 5.32 Å². The SMILES string of the molecule is CC(=O)Nc1cccc2c1CCN(c1ccc(C(=O)NC(C)C)cc1[N+](=O)[O-])C2. The van der Waals surface area contributed by atoms with Crippen molar-refractivity contribution in [3.05, 3.63) is 63.2 Å². The van der Waals surface area contributed by atoms with Crippen molar-refractivity contribution >= 4 is 28.9 Å². The molecule has 0 bridgehead atoms. The molecule has 0 aliphatic carbocycles. The van der Waals surface area contributed by atoms with E-state index < -0.39 is 4.92 Å². The molecule has 2 aromatic rings. The summed E-state index contributed by atoms with van der Waals surface area (Å²) in [4.78, 5) is 36.8. The number of hydrogen-bond donors (Lipinski definition) is 2. The highest BCUT2D eigenvalue weighted by atomic mass is 16.6. The summed E-state index contributed by atoms with van der Waals surface area (Å²) in [7, 11) is 0. The van der Waals surface area contributed by atoms with Gasteiger partial charge in [-0.3, -0.25) is 19.7 Å². The van der Waals surface area contributed by atoms with E-state index in [4.69, 9.17) is 0 Å². The first-order valence-corrected chi connectivity index (χ1v) is 9.49. The lowest BCUT2D eigenvalue weighted by Gasteiger charge is -2.31. The van der Waals surface area contributed by atoms with Crippen molar-refractivity contribution in [3.8, 4) is 0 Å². The van der Waals surface area contributed by atoms with Crippen molar-refractivity contribution in [1.29, 1.82) is 0 Å². The van der Waals surface area contributed by atoms with E-state index >= 15 is 0 Å². The molecule has 8 nitrogen and oxygen atoms in total. The monoisotopic (exact) mass is 396 g/mol. The Morgan fingerprint density at radius 1 is 1.21 bits per heavy atom. The van der Waals surface area contributed by atoms with E-state index in [1.54, 1.807) is 12.1 Å². The lowest BCUT2D eigenvalue weighted by Crippen LogP contribution is -2.32. The van der Waals surface area contributed by atoms with Crippen LogP contribution in [0.15, 0.2) is 36.4 Å². The van der Waals surface area contributed by atoms with Gasteiger partial charge in [-0.25, -0.2) is 0 Å². The number of anilines is 2. The second-order valence-electron chi connectivity index (χ2n) is 7.38. The predicted molar refractivity (Wildman–Crippen MR) is 111 cm³/mol. The molecule has 152 valence electrons. The van der Waals surface area contributed by atoms with Gasteiger partial charge in [0, 0.05) is 43.4 Å². The number of nitro benzene ring substituents is 1. The topological polar surface area (TPSA) is 105 Å². The molecule has 2 amide bonds. The minimum Gasteiger partial charge on any atom is -0.361 e. The van der Waals surface area contributed by atoms with Crippen molar-refractivity contribution in [2.45, 2.75) is 39.8 Å². The number of nitro groups is 1. The number of carbonyl (C=O) groups is 2. The number of rotatable bonds is 5. The first-order chi connectivity index (χ1) is 13.8. The fourth-order valence-electron chi connectivity index (χ4n) is 3.55. The molecule has 0 fully saturated rings. The lowest BCUT2D eigenvalue weighted by molar-refractivity contribution is -0.384. The zero-order chi connectivity index (χ0) is 21.1. The average molecular weight is 396 g/mol. The van der Waals surface area contributed by atoms with Crippen LogP contribution >= 0.6 is 0 Å². The van der Waals surface area contributed by atoms with Crippen molar-refractivity contribution in [3.63, 3.8) is 0 Å². The molecule has 0 radical (unpaired) electrons. The van der Waals surface area contributed by atoms with E-state index in [9.17, 15) is 19.7 Å². The van der Waals surface area contributed by atoms with E-state index in [-0.39, 0.29) is 29.1 Å². The molecule has 2 N–H and O–H groups in total. The first-order valence-electron chi connectivity index (χ1n) is 9.49. The van der Waals surface area contributed by atoms with Crippen LogP contribution in [-0.2, 0) is 17.8 Å². The number of hydrogen-bond acceptors (Lipinski definition) is 5. The number of nitrogens with zero attached hydrogens (tertiary/aromatic N) is 2. The summed E-state index contributed by atoms with van der Waals surface area (Å²) in [5, 5.41) is 17.3. The normalized spacial score (nSPS) is 13.0. The van der Waals surface area contributed by atoms with Gasteiger partial charge in [0.15, 0.2) is 0 Å². The molecule has 0 saturated heterocycles. The summed E-state index contributed by atoms with van der Waals surface area (Å²) in [6.45, 7) is 6.19. The Balaban J connectivity index is 1.91. The van der Waals surface area contributed by atoms with E-state index in [1.165, 1.54) is 13.0 Å². The van der Waals surface area contributed by atoms with Crippen molar-refractivity contribution in [2.24, 2.45) is 0 Å². The van der Waals surface area contributed by atoms with Gasteiger partial charge < -0.3 is 15.5 Å². The summed E-state index contributed by atoms with van der Waals surface area (Å²) in [6, 6.07) is 10.2. The Morgan fingerprint density at radius 2 is 1.97 bits per heavy atom. The lowest BCUT2D eigenvalue weighted by atomic mass is 9.97. The summed E-state index contributed by atoms with van der Waals surface area (Å²) < 4.78 is 0. The molecule has 29 heavy (non-hydrogen) atoms. The fraction of sp³-hybridized carbons (Fsp3) is 0.333. The molecule has 8 heteroatoms. The largest absolute Gasteiger partial charge is 0.361 e. The smallest absolute Gasteiger partial charge is 0.293 e. The van der Waals surface area contributed by atoms with E-state index in [1.807, 2.05) is 36.9 Å². The van der Waals surface area contributed by atoms with Crippen LogP contribution in [-0.4, -0.2) is 29.3 Å². The highest BCUT2D eigenvalue weighted by molar-refractivity contribution is 5.96. The van der Waals surface area contributed by atoms with Gasteiger partial charge in [0.2, 0.25) is 5.91 Å². The molecule has 2 aromatic carbocycles. The Hall–Kier alpha value is -3.42. The summed E-state index contributed by atoms with van der Waals surface area (Å²) in [5.74, 6) is -0.467. The average Bonchev–Trinajstić information content (AvgIpc) is 2.66. The highest BCUT2D eigenvalue weighted by Gasteiger charge is 2.26. The van der Waals surface area contributed by atoms with Crippen LogP contribution in [0.4, 0.5) is 17.1 Å². The molecule has 1 aliphatic rings. The van der Waals surface area contributed by atoms with Gasteiger partial charge in [0.05, 0.1) is 4.92 Å². The Labute approximate surface area is 169 Å². The van der Waals surface area contributed by atoms with Crippen molar-refractivity contribution in [2.75, 3.05) is 16.8 Å². The maximum Gasteiger partial charge on any atom is 0.293 e. The quantitative estimate of drug-likeness (QED) is 0.596. The number of nitrogens with one attached hydrogen (secondary N) is 2. The molecule has 0 saturated carbocycles. The Bertz CT molecular complexity index is 971. The number of fused-ring (bicyclic) bond motifs is 1. The number of amides is 2. The third-order valence-corrected chi connectivity index (χ3v) is 4.77. The van der Waals surface area contributed by atoms with Crippen LogP contribution in [0.2, 0.25) is 0 Å². The highest BCUT2D eigenvalue weighted by Crippen LogP contribution is 2.34. The molecular weight excluding hydrogens is 372 g/mol. The van der Waals surface area contributed by atoms with Crippen LogP contribution in [0.25, 0.3) is 0 Å². The number of carbonyl (C=O) groups excluding carboxylic acids is 2. The summed E-state index contributed by atoms with van der Waals surface area (Å²) >= 11 is 0. The van der Waals surface area contributed by atoms with Crippen molar-refractivity contribution < 1.29 is 14.5 Å². The third kappa shape index (κ3) is 4.53. The first kappa shape index (κ1) is 20.3. The molecule has 3 rings (SSSR count). The molecule has 1 aliphatic heterocycles.